The molecule has 1 N–H and O–H groups in total. The number of ether oxygens (including phenoxy) is 2. The van der Waals surface area contributed by atoms with Crippen molar-refractivity contribution in [3.63, 3.8) is 0 Å². The number of anilines is 2. The van der Waals surface area contributed by atoms with E-state index in [-0.39, 0.29) is 18.9 Å². The highest BCUT2D eigenvalue weighted by molar-refractivity contribution is 6.31. The van der Waals surface area contributed by atoms with Gasteiger partial charge in [0.1, 0.15) is 0 Å². The average molecular weight is 445 g/mol. The summed E-state index contributed by atoms with van der Waals surface area (Å²) in [5, 5.41) is 3.16. The van der Waals surface area contributed by atoms with Crippen LogP contribution in [-0.4, -0.2) is 44.0 Å². The maximum atomic E-state index is 12.4. The molecule has 0 saturated carbocycles. The smallest absolute Gasteiger partial charge is 0.337 e. The molecule has 1 atom stereocenters. The highest BCUT2D eigenvalue weighted by Gasteiger charge is 2.36. The van der Waals surface area contributed by atoms with Gasteiger partial charge in [0.25, 0.3) is 5.91 Å². The Hall–Kier alpha value is -3.39. The van der Waals surface area contributed by atoms with Crippen molar-refractivity contribution in [1.29, 1.82) is 0 Å². The second-order valence-electron chi connectivity index (χ2n) is 7.01. The van der Waals surface area contributed by atoms with Gasteiger partial charge in [0.05, 0.1) is 18.6 Å². The van der Waals surface area contributed by atoms with Crippen LogP contribution in [0.4, 0.5) is 11.4 Å². The summed E-state index contributed by atoms with van der Waals surface area (Å²) in [6.07, 6.45) is -0.0212. The molecule has 1 saturated heterocycles. The molecule has 9 heteroatoms. The number of benzene rings is 2. The van der Waals surface area contributed by atoms with Gasteiger partial charge in [0.15, 0.2) is 6.61 Å². The molecule has 0 radical (unpaired) electrons. The Morgan fingerprint density at radius 3 is 2.55 bits per heavy atom. The first-order valence-electron chi connectivity index (χ1n) is 9.50. The number of esters is 2. The van der Waals surface area contributed by atoms with Crippen LogP contribution >= 0.6 is 11.6 Å². The number of nitrogens with zero attached hydrogens (tertiary/aromatic N) is 1. The van der Waals surface area contributed by atoms with Crippen molar-refractivity contribution in [2.24, 2.45) is 5.92 Å². The van der Waals surface area contributed by atoms with Crippen LogP contribution in [0, 0.1) is 12.8 Å². The van der Waals surface area contributed by atoms with Gasteiger partial charge in [-0.15, -0.1) is 0 Å². The lowest BCUT2D eigenvalue weighted by atomic mass is 10.1. The normalized spacial score (nSPS) is 15.5. The zero-order valence-electron chi connectivity index (χ0n) is 17.0. The van der Waals surface area contributed by atoms with Gasteiger partial charge in [-0.25, -0.2) is 4.79 Å². The number of carbonyl (C=O) groups is 4. The molecule has 2 aromatic rings. The number of halogens is 1. The van der Waals surface area contributed by atoms with Crippen LogP contribution in [0.2, 0.25) is 5.02 Å². The standard InChI is InChI=1S/C22H21ClN2O6/c1-13-17(23)4-3-5-18(13)24-19(26)12-31-22(29)15-10-20(27)25(11-15)16-8-6-14(7-9-16)21(28)30-2/h3-9,15H,10-12H2,1-2H3,(H,24,26)/t15-/m1/s1. The third-order valence-electron chi connectivity index (χ3n) is 4.95. The van der Waals surface area contributed by atoms with Crippen molar-refractivity contribution < 1.29 is 28.7 Å². The van der Waals surface area contributed by atoms with E-state index in [1.54, 1.807) is 49.4 Å². The van der Waals surface area contributed by atoms with E-state index in [0.29, 0.717) is 27.5 Å². The van der Waals surface area contributed by atoms with Gasteiger partial charge < -0.3 is 19.7 Å². The van der Waals surface area contributed by atoms with Crippen LogP contribution < -0.4 is 10.2 Å². The molecule has 2 aromatic carbocycles. The Bertz CT molecular complexity index is 1020. The van der Waals surface area contributed by atoms with E-state index in [2.05, 4.69) is 10.1 Å². The van der Waals surface area contributed by atoms with E-state index >= 15 is 0 Å². The number of hydrogen-bond acceptors (Lipinski definition) is 6. The lowest BCUT2D eigenvalue weighted by Gasteiger charge is -2.17. The largest absolute Gasteiger partial charge is 0.465 e. The van der Waals surface area contributed by atoms with Gasteiger partial charge in [-0.05, 0) is 48.9 Å². The summed E-state index contributed by atoms with van der Waals surface area (Å²) in [5.41, 5.74) is 2.15. The summed E-state index contributed by atoms with van der Waals surface area (Å²) in [4.78, 5) is 49.8. The summed E-state index contributed by atoms with van der Waals surface area (Å²) in [7, 11) is 1.28. The Labute approximate surface area is 184 Å². The first-order chi connectivity index (χ1) is 14.8. The minimum absolute atomic E-state index is 0.0212. The number of nitrogens with one attached hydrogen (secondary N) is 1. The number of carbonyl (C=O) groups excluding carboxylic acids is 4. The summed E-state index contributed by atoms with van der Waals surface area (Å²) in [6, 6.07) is 11.4. The maximum absolute atomic E-state index is 12.4. The first-order valence-corrected chi connectivity index (χ1v) is 9.88. The van der Waals surface area contributed by atoms with Gasteiger partial charge in [-0.3, -0.25) is 14.4 Å². The van der Waals surface area contributed by atoms with Crippen molar-refractivity contribution in [1.82, 2.24) is 0 Å². The molecule has 162 valence electrons. The Morgan fingerprint density at radius 1 is 1.16 bits per heavy atom. The van der Waals surface area contributed by atoms with Crippen LogP contribution in [-0.2, 0) is 23.9 Å². The molecule has 1 fully saturated rings. The molecule has 2 amide bonds. The molecule has 0 bridgehead atoms. The average Bonchev–Trinajstić information content (AvgIpc) is 3.16. The highest BCUT2D eigenvalue weighted by atomic mass is 35.5. The summed E-state index contributed by atoms with van der Waals surface area (Å²) >= 11 is 6.02. The third-order valence-corrected chi connectivity index (χ3v) is 5.36. The third kappa shape index (κ3) is 5.21. The number of amides is 2. The van der Waals surface area contributed by atoms with Crippen LogP contribution in [0.1, 0.15) is 22.3 Å². The van der Waals surface area contributed by atoms with Crippen LogP contribution in [0.15, 0.2) is 42.5 Å². The lowest BCUT2D eigenvalue weighted by Crippen LogP contribution is -2.28. The van der Waals surface area contributed by atoms with Crippen molar-refractivity contribution in [2.45, 2.75) is 13.3 Å². The second-order valence-corrected chi connectivity index (χ2v) is 7.42. The topological polar surface area (TPSA) is 102 Å². The van der Waals surface area contributed by atoms with E-state index in [4.69, 9.17) is 16.3 Å². The molecule has 1 heterocycles. The predicted molar refractivity (Wildman–Crippen MR) is 114 cm³/mol. The molecular formula is C22H21ClN2O6. The number of hydrogen-bond donors (Lipinski definition) is 1. The minimum Gasteiger partial charge on any atom is -0.465 e. The molecule has 0 aliphatic carbocycles. The number of methoxy groups -OCH3 is 1. The summed E-state index contributed by atoms with van der Waals surface area (Å²) in [6.45, 7) is 1.42. The lowest BCUT2D eigenvalue weighted by molar-refractivity contribution is -0.151. The maximum Gasteiger partial charge on any atom is 0.337 e. The van der Waals surface area contributed by atoms with Gasteiger partial charge in [0.2, 0.25) is 5.91 Å². The highest BCUT2D eigenvalue weighted by Crippen LogP contribution is 2.26. The second kappa shape index (κ2) is 9.61. The van der Waals surface area contributed by atoms with E-state index in [1.807, 2.05) is 0 Å². The van der Waals surface area contributed by atoms with E-state index in [1.165, 1.54) is 12.0 Å². The summed E-state index contributed by atoms with van der Waals surface area (Å²) in [5.74, 6) is -2.54. The predicted octanol–water partition coefficient (Wildman–Crippen LogP) is 2.97. The van der Waals surface area contributed by atoms with Gasteiger partial charge in [-0.1, -0.05) is 17.7 Å². The van der Waals surface area contributed by atoms with Crippen LogP contribution in [0.25, 0.3) is 0 Å². The molecular weight excluding hydrogens is 424 g/mol. The fourth-order valence-electron chi connectivity index (χ4n) is 3.19. The minimum atomic E-state index is -0.687. The van der Waals surface area contributed by atoms with Crippen LogP contribution in [0.3, 0.4) is 0 Å². The fraction of sp³-hybridized carbons (Fsp3) is 0.273. The molecule has 0 spiro atoms. The zero-order valence-corrected chi connectivity index (χ0v) is 17.8. The van der Waals surface area contributed by atoms with E-state index in [9.17, 15) is 19.2 Å². The molecule has 0 aromatic heterocycles. The molecule has 0 unspecified atom stereocenters. The van der Waals surface area contributed by atoms with Crippen molar-refractivity contribution >= 4 is 46.7 Å². The van der Waals surface area contributed by atoms with Crippen molar-refractivity contribution in [3.05, 3.63) is 58.6 Å². The van der Waals surface area contributed by atoms with E-state index in [0.717, 1.165) is 0 Å². The monoisotopic (exact) mass is 444 g/mol. The van der Waals surface area contributed by atoms with E-state index < -0.39 is 30.4 Å². The van der Waals surface area contributed by atoms with Crippen molar-refractivity contribution in [3.8, 4) is 0 Å². The quantitative estimate of drug-likeness (QED) is 0.687. The molecule has 1 aliphatic rings. The fourth-order valence-corrected chi connectivity index (χ4v) is 3.37. The van der Waals surface area contributed by atoms with Crippen LogP contribution in [0.5, 0.6) is 0 Å². The van der Waals surface area contributed by atoms with Crippen molar-refractivity contribution in [2.75, 3.05) is 30.5 Å². The molecule has 31 heavy (non-hydrogen) atoms. The van der Waals surface area contributed by atoms with Gasteiger partial charge in [0, 0.05) is 29.4 Å². The number of rotatable bonds is 6. The zero-order chi connectivity index (χ0) is 22.5. The Kier molecular flexibility index (Phi) is 6.91. The molecule has 1 aliphatic heterocycles. The SMILES string of the molecule is COC(=O)c1ccc(N2C[C@H](C(=O)OCC(=O)Nc3cccc(Cl)c3C)CC2=O)cc1. The molecule has 3 rings (SSSR count). The molecule has 8 nitrogen and oxygen atoms in total. The first kappa shape index (κ1) is 22.3. The van der Waals surface area contributed by atoms with Gasteiger partial charge >= 0.3 is 11.9 Å². The van der Waals surface area contributed by atoms with Gasteiger partial charge in [-0.2, -0.15) is 0 Å². The Morgan fingerprint density at radius 2 is 1.87 bits per heavy atom. The summed E-state index contributed by atoms with van der Waals surface area (Å²) < 4.78 is 9.75. The Balaban J connectivity index is 1.54.